The van der Waals surface area contributed by atoms with E-state index in [1.807, 2.05) is 6.07 Å². The van der Waals surface area contributed by atoms with Gasteiger partial charge in [-0.1, -0.05) is 25.6 Å². The molecule has 1 heterocycles. The molecule has 0 fully saturated rings. The highest BCUT2D eigenvalue weighted by Gasteiger charge is 2.08. The van der Waals surface area contributed by atoms with Crippen LogP contribution in [0.2, 0.25) is 0 Å². The molecular weight excluding hydrogens is 274 g/mol. The molecule has 0 atom stereocenters. The lowest BCUT2D eigenvalue weighted by molar-refractivity contribution is -0.139. The fourth-order valence-corrected chi connectivity index (χ4v) is 2.28. The molecule has 0 unspecified atom stereocenters. The van der Waals surface area contributed by atoms with Crippen molar-refractivity contribution in [3.8, 4) is 0 Å². The molecule has 5 nitrogen and oxygen atoms in total. The summed E-state index contributed by atoms with van der Waals surface area (Å²) in [7, 11) is 0. The minimum absolute atomic E-state index is 0.212. The van der Waals surface area contributed by atoms with E-state index in [0.717, 1.165) is 42.5 Å². The van der Waals surface area contributed by atoms with E-state index in [2.05, 4.69) is 29.1 Å². The van der Waals surface area contributed by atoms with Gasteiger partial charge in [0.2, 0.25) is 0 Å². The maximum absolute atomic E-state index is 11.4. The van der Waals surface area contributed by atoms with Crippen LogP contribution in [-0.4, -0.2) is 34.8 Å². The maximum Gasteiger partial charge on any atom is 0.316 e. The summed E-state index contributed by atoms with van der Waals surface area (Å²) in [4.78, 5) is 20.3. The average molecular weight is 297 g/mol. The molecule has 0 saturated heterocycles. The number of carbonyl (C=O) groups is 1. The van der Waals surface area contributed by atoms with E-state index in [1.165, 1.54) is 11.8 Å². The van der Waals surface area contributed by atoms with Gasteiger partial charge in [0.15, 0.2) is 0 Å². The zero-order chi connectivity index (χ0) is 14.8. The second-order valence-corrected chi connectivity index (χ2v) is 5.27. The summed E-state index contributed by atoms with van der Waals surface area (Å²) >= 11 is 1.39. The van der Waals surface area contributed by atoms with Crippen molar-refractivity contribution in [3.05, 3.63) is 11.9 Å². The molecule has 0 aliphatic rings. The smallest absolute Gasteiger partial charge is 0.316 e. The van der Waals surface area contributed by atoms with Crippen LogP contribution >= 0.6 is 11.8 Å². The third-order valence-electron chi connectivity index (χ3n) is 2.42. The Balaban J connectivity index is 2.71. The van der Waals surface area contributed by atoms with E-state index >= 15 is 0 Å². The highest BCUT2D eigenvalue weighted by Crippen LogP contribution is 2.19. The van der Waals surface area contributed by atoms with Crippen molar-refractivity contribution >= 4 is 23.5 Å². The Kier molecular flexibility index (Phi) is 8.02. The quantitative estimate of drug-likeness (QED) is 0.429. The molecular formula is C14H23N3O2S. The number of ether oxygens (including phenoxy) is 1. The van der Waals surface area contributed by atoms with Gasteiger partial charge in [0.25, 0.3) is 0 Å². The largest absolute Gasteiger partial charge is 0.465 e. The van der Waals surface area contributed by atoms with Crippen molar-refractivity contribution in [3.63, 3.8) is 0 Å². The summed E-state index contributed by atoms with van der Waals surface area (Å²) in [5.74, 6) is 1.72. The molecule has 0 spiro atoms. The second-order valence-electron chi connectivity index (χ2n) is 4.28. The van der Waals surface area contributed by atoms with E-state index < -0.39 is 0 Å². The Morgan fingerprint density at radius 2 is 2.10 bits per heavy atom. The Hall–Kier alpha value is -1.30. The number of nitrogens with zero attached hydrogens (tertiary/aromatic N) is 2. The number of anilines is 1. The first-order chi connectivity index (χ1) is 9.69. The van der Waals surface area contributed by atoms with Gasteiger partial charge in [-0.15, -0.1) is 0 Å². The zero-order valence-electron chi connectivity index (χ0n) is 12.4. The van der Waals surface area contributed by atoms with Crippen molar-refractivity contribution in [2.45, 2.75) is 45.1 Å². The lowest BCUT2D eigenvalue weighted by atomic mass is 10.3. The molecule has 1 N–H and O–H groups in total. The molecule has 0 radical (unpaired) electrons. The zero-order valence-corrected chi connectivity index (χ0v) is 13.3. The van der Waals surface area contributed by atoms with Crippen molar-refractivity contribution in [2.24, 2.45) is 0 Å². The third kappa shape index (κ3) is 6.23. The third-order valence-corrected chi connectivity index (χ3v) is 3.31. The van der Waals surface area contributed by atoms with E-state index in [-0.39, 0.29) is 11.7 Å². The number of carbonyl (C=O) groups excluding carboxylic acids is 1. The molecule has 1 aromatic rings. The second kappa shape index (κ2) is 9.58. The lowest BCUT2D eigenvalue weighted by Crippen LogP contribution is -2.08. The van der Waals surface area contributed by atoms with Gasteiger partial charge in [0.05, 0.1) is 12.4 Å². The predicted octanol–water partition coefficient (Wildman–Crippen LogP) is 2.91. The molecule has 1 rings (SSSR count). The molecule has 0 aliphatic heterocycles. The lowest BCUT2D eigenvalue weighted by Gasteiger charge is -2.08. The summed E-state index contributed by atoms with van der Waals surface area (Å²) in [6.45, 7) is 7.30. The number of nitrogens with one attached hydrogen (secondary N) is 1. The van der Waals surface area contributed by atoms with Crippen LogP contribution in [0.3, 0.4) is 0 Å². The number of thioether (sulfide) groups is 1. The highest BCUT2D eigenvalue weighted by atomic mass is 32.2. The summed E-state index contributed by atoms with van der Waals surface area (Å²) in [6, 6.07) is 1.89. The first-order valence-electron chi connectivity index (χ1n) is 7.09. The predicted molar refractivity (Wildman–Crippen MR) is 82.2 cm³/mol. The van der Waals surface area contributed by atoms with Crippen LogP contribution < -0.4 is 5.32 Å². The van der Waals surface area contributed by atoms with Crippen molar-refractivity contribution in [1.82, 2.24) is 9.97 Å². The van der Waals surface area contributed by atoms with Crippen LogP contribution in [0, 0.1) is 0 Å². The summed E-state index contributed by atoms with van der Waals surface area (Å²) in [5, 5.41) is 4.08. The monoisotopic (exact) mass is 297 g/mol. The van der Waals surface area contributed by atoms with Gasteiger partial charge in [-0.05, 0) is 19.8 Å². The van der Waals surface area contributed by atoms with Crippen molar-refractivity contribution in [1.29, 1.82) is 0 Å². The van der Waals surface area contributed by atoms with E-state index in [9.17, 15) is 4.79 Å². The SMILES string of the molecule is CCCNc1cc(SCC(=O)OCC)nc(CCC)n1. The molecule has 6 heteroatoms. The molecule has 112 valence electrons. The van der Waals surface area contributed by atoms with Gasteiger partial charge in [-0.3, -0.25) is 4.79 Å². The normalized spacial score (nSPS) is 10.3. The number of hydrogen-bond acceptors (Lipinski definition) is 6. The number of hydrogen-bond donors (Lipinski definition) is 1. The van der Waals surface area contributed by atoms with E-state index in [0.29, 0.717) is 6.61 Å². The van der Waals surface area contributed by atoms with E-state index in [1.54, 1.807) is 6.92 Å². The van der Waals surface area contributed by atoms with Gasteiger partial charge < -0.3 is 10.1 Å². The van der Waals surface area contributed by atoms with Gasteiger partial charge >= 0.3 is 5.97 Å². The van der Waals surface area contributed by atoms with Crippen LogP contribution in [0.15, 0.2) is 11.1 Å². The summed E-state index contributed by atoms with van der Waals surface area (Å²) < 4.78 is 4.92. The number of esters is 1. The fourth-order valence-electron chi connectivity index (χ4n) is 1.56. The molecule has 20 heavy (non-hydrogen) atoms. The van der Waals surface area contributed by atoms with Crippen LogP contribution in [0.25, 0.3) is 0 Å². The Morgan fingerprint density at radius 1 is 1.30 bits per heavy atom. The van der Waals surface area contributed by atoms with Gasteiger partial charge in [-0.25, -0.2) is 9.97 Å². The Bertz CT molecular complexity index is 427. The van der Waals surface area contributed by atoms with Crippen LogP contribution in [0.1, 0.15) is 39.4 Å². The standard InChI is InChI=1S/C14H23N3O2S/c1-4-7-11-16-12(15-8-5-2)9-13(17-11)20-10-14(18)19-6-3/h9H,4-8,10H2,1-3H3,(H,15,16,17). The van der Waals surface area contributed by atoms with Gasteiger partial charge in [0.1, 0.15) is 16.7 Å². The highest BCUT2D eigenvalue weighted by molar-refractivity contribution is 7.99. The molecule has 0 amide bonds. The number of aromatic nitrogens is 2. The Labute approximate surface area is 124 Å². The maximum atomic E-state index is 11.4. The van der Waals surface area contributed by atoms with Crippen molar-refractivity contribution < 1.29 is 9.53 Å². The average Bonchev–Trinajstić information content (AvgIpc) is 2.43. The molecule has 0 bridgehead atoms. The minimum atomic E-state index is -0.212. The first kappa shape index (κ1) is 16.8. The van der Waals surface area contributed by atoms with E-state index in [4.69, 9.17) is 4.74 Å². The fraction of sp³-hybridized carbons (Fsp3) is 0.643. The minimum Gasteiger partial charge on any atom is -0.465 e. The summed E-state index contributed by atoms with van der Waals surface area (Å²) in [5.41, 5.74) is 0. The number of rotatable bonds is 9. The molecule has 0 saturated carbocycles. The Morgan fingerprint density at radius 3 is 2.75 bits per heavy atom. The molecule has 0 aliphatic carbocycles. The number of aryl methyl sites for hydroxylation is 1. The molecule has 0 aromatic carbocycles. The topological polar surface area (TPSA) is 64.1 Å². The first-order valence-corrected chi connectivity index (χ1v) is 8.08. The van der Waals surface area contributed by atoms with Crippen LogP contribution in [0.5, 0.6) is 0 Å². The summed E-state index contributed by atoms with van der Waals surface area (Å²) in [6.07, 6.45) is 2.88. The van der Waals surface area contributed by atoms with Crippen LogP contribution in [-0.2, 0) is 16.0 Å². The molecule has 1 aromatic heterocycles. The van der Waals surface area contributed by atoms with Gasteiger partial charge in [-0.2, -0.15) is 0 Å². The van der Waals surface area contributed by atoms with Crippen LogP contribution in [0.4, 0.5) is 5.82 Å². The van der Waals surface area contributed by atoms with Crippen molar-refractivity contribution in [2.75, 3.05) is 24.2 Å². The van der Waals surface area contributed by atoms with Gasteiger partial charge in [0, 0.05) is 19.0 Å².